The third kappa shape index (κ3) is 6.71. The van der Waals surface area contributed by atoms with Crippen LogP contribution in [0.3, 0.4) is 0 Å². The Morgan fingerprint density at radius 2 is 2.00 bits per heavy atom. The van der Waals surface area contributed by atoms with E-state index in [0.717, 1.165) is 12.0 Å². The molecule has 1 rings (SSSR count). The lowest BCUT2D eigenvalue weighted by molar-refractivity contribution is -0.120. The fraction of sp³-hybridized carbons (Fsp3) is 0.462. The number of benzene rings is 1. The largest absolute Gasteiger partial charge is 0.394 e. The molecule has 1 aromatic rings. The van der Waals surface area contributed by atoms with Crippen molar-refractivity contribution in [2.45, 2.75) is 12.8 Å². The van der Waals surface area contributed by atoms with Crippen molar-refractivity contribution in [2.75, 3.05) is 26.4 Å². The molecule has 0 spiro atoms. The maximum Gasteiger partial charge on any atom is 0.224 e. The molecular formula is C13H19NO3. The maximum absolute atomic E-state index is 11.5. The molecule has 0 saturated carbocycles. The quantitative estimate of drug-likeness (QED) is 0.656. The Hall–Kier alpha value is -1.39. The van der Waals surface area contributed by atoms with Crippen LogP contribution in [0, 0.1) is 0 Å². The van der Waals surface area contributed by atoms with Gasteiger partial charge in [-0.2, -0.15) is 0 Å². The van der Waals surface area contributed by atoms with Crippen LogP contribution in [0.5, 0.6) is 0 Å². The minimum absolute atomic E-state index is 0.0263. The Morgan fingerprint density at radius 1 is 1.24 bits per heavy atom. The summed E-state index contributed by atoms with van der Waals surface area (Å²) < 4.78 is 5.08. The number of nitrogens with one attached hydrogen (secondary N) is 1. The van der Waals surface area contributed by atoms with Crippen molar-refractivity contribution in [3.8, 4) is 0 Å². The van der Waals surface area contributed by atoms with Gasteiger partial charge in [0.1, 0.15) is 0 Å². The molecule has 0 bridgehead atoms. The van der Waals surface area contributed by atoms with Gasteiger partial charge in [-0.3, -0.25) is 4.79 Å². The first-order valence-corrected chi connectivity index (χ1v) is 5.82. The van der Waals surface area contributed by atoms with E-state index in [1.54, 1.807) is 0 Å². The standard InChI is InChI=1S/C13H19NO3/c15-8-10-17-9-4-7-14-13(16)11-12-5-2-1-3-6-12/h1-3,5-6,15H,4,7-11H2,(H,14,16). The summed E-state index contributed by atoms with van der Waals surface area (Å²) in [4.78, 5) is 11.5. The van der Waals surface area contributed by atoms with Gasteiger partial charge in [-0.15, -0.1) is 0 Å². The monoisotopic (exact) mass is 237 g/mol. The van der Waals surface area contributed by atoms with Gasteiger partial charge in [0.25, 0.3) is 0 Å². The normalized spacial score (nSPS) is 10.2. The predicted molar refractivity (Wildman–Crippen MR) is 65.7 cm³/mol. The van der Waals surface area contributed by atoms with Crippen molar-refractivity contribution in [1.82, 2.24) is 5.32 Å². The van der Waals surface area contributed by atoms with Gasteiger partial charge in [-0.05, 0) is 12.0 Å². The fourth-order valence-electron chi connectivity index (χ4n) is 1.41. The molecule has 0 atom stereocenters. The molecule has 0 fully saturated rings. The number of hydrogen-bond donors (Lipinski definition) is 2. The fourth-order valence-corrected chi connectivity index (χ4v) is 1.41. The summed E-state index contributed by atoms with van der Waals surface area (Å²) in [5.74, 6) is 0.0263. The van der Waals surface area contributed by atoms with Gasteiger partial charge in [0.15, 0.2) is 0 Å². The zero-order valence-corrected chi connectivity index (χ0v) is 9.89. The van der Waals surface area contributed by atoms with Crippen LogP contribution in [0.15, 0.2) is 30.3 Å². The third-order valence-electron chi connectivity index (χ3n) is 2.23. The second-order valence-electron chi connectivity index (χ2n) is 3.70. The van der Waals surface area contributed by atoms with Crippen molar-refractivity contribution in [2.24, 2.45) is 0 Å². The highest BCUT2D eigenvalue weighted by atomic mass is 16.5. The van der Waals surface area contributed by atoms with Gasteiger partial charge in [-0.1, -0.05) is 30.3 Å². The zero-order chi connectivity index (χ0) is 12.3. The average Bonchev–Trinajstić information content (AvgIpc) is 2.35. The molecule has 0 aromatic heterocycles. The second-order valence-corrected chi connectivity index (χ2v) is 3.70. The Labute approximate surface area is 102 Å². The van der Waals surface area contributed by atoms with E-state index in [1.807, 2.05) is 30.3 Å². The third-order valence-corrected chi connectivity index (χ3v) is 2.23. The summed E-state index contributed by atoms with van der Waals surface area (Å²) in [6.07, 6.45) is 1.18. The van der Waals surface area contributed by atoms with Gasteiger partial charge < -0.3 is 15.2 Å². The Balaban J connectivity index is 2.06. The molecule has 0 aliphatic heterocycles. The van der Waals surface area contributed by atoms with Gasteiger partial charge in [0.05, 0.1) is 19.6 Å². The van der Waals surface area contributed by atoms with Crippen LogP contribution in [0.25, 0.3) is 0 Å². The van der Waals surface area contributed by atoms with Gasteiger partial charge >= 0.3 is 0 Å². The molecular weight excluding hydrogens is 218 g/mol. The summed E-state index contributed by atoms with van der Waals surface area (Å²) in [7, 11) is 0. The molecule has 0 heterocycles. The lowest BCUT2D eigenvalue weighted by Crippen LogP contribution is -2.26. The van der Waals surface area contributed by atoms with E-state index in [-0.39, 0.29) is 12.5 Å². The minimum atomic E-state index is 0.0263. The molecule has 0 saturated heterocycles. The van der Waals surface area contributed by atoms with E-state index in [4.69, 9.17) is 9.84 Å². The van der Waals surface area contributed by atoms with E-state index < -0.39 is 0 Å². The first-order chi connectivity index (χ1) is 8.33. The summed E-state index contributed by atoms with van der Waals surface area (Å²) in [5, 5.41) is 11.3. The van der Waals surface area contributed by atoms with Crippen LogP contribution < -0.4 is 5.32 Å². The average molecular weight is 237 g/mol. The predicted octanol–water partition coefficient (Wildman–Crippen LogP) is 0.744. The molecule has 0 unspecified atom stereocenters. The molecule has 94 valence electrons. The molecule has 0 radical (unpaired) electrons. The van der Waals surface area contributed by atoms with Crippen LogP contribution in [0.4, 0.5) is 0 Å². The van der Waals surface area contributed by atoms with Crippen molar-refractivity contribution in [3.05, 3.63) is 35.9 Å². The van der Waals surface area contributed by atoms with Gasteiger partial charge in [0.2, 0.25) is 5.91 Å². The molecule has 1 aromatic carbocycles. The highest BCUT2D eigenvalue weighted by Gasteiger charge is 2.01. The Bertz CT molecular complexity index is 314. The first-order valence-electron chi connectivity index (χ1n) is 5.82. The van der Waals surface area contributed by atoms with Crippen molar-refractivity contribution in [1.29, 1.82) is 0 Å². The molecule has 4 nitrogen and oxygen atoms in total. The lowest BCUT2D eigenvalue weighted by Gasteiger charge is -2.05. The number of amides is 1. The number of hydrogen-bond acceptors (Lipinski definition) is 3. The van der Waals surface area contributed by atoms with Crippen molar-refractivity contribution in [3.63, 3.8) is 0 Å². The molecule has 2 N–H and O–H groups in total. The van der Waals surface area contributed by atoms with Crippen LogP contribution in [-0.2, 0) is 16.0 Å². The molecule has 1 amide bonds. The number of rotatable bonds is 8. The van der Waals surface area contributed by atoms with Crippen LogP contribution >= 0.6 is 0 Å². The van der Waals surface area contributed by atoms with Crippen molar-refractivity contribution < 1.29 is 14.6 Å². The Morgan fingerprint density at radius 3 is 2.71 bits per heavy atom. The lowest BCUT2D eigenvalue weighted by atomic mass is 10.1. The maximum atomic E-state index is 11.5. The van der Waals surface area contributed by atoms with Crippen LogP contribution in [-0.4, -0.2) is 37.4 Å². The van der Waals surface area contributed by atoms with E-state index >= 15 is 0 Å². The number of carbonyl (C=O) groups is 1. The second kappa shape index (κ2) is 8.73. The van der Waals surface area contributed by atoms with E-state index in [1.165, 1.54) is 0 Å². The van der Waals surface area contributed by atoms with Crippen molar-refractivity contribution >= 4 is 5.91 Å². The molecule has 17 heavy (non-hydrogen) atoms. The summed E-state index contributed by atoms with van der Waals surface area (Å²) in [6.45, 7) is 1.57. The number of ether oxygens (including phenoxy) is 1. The number of aliphatic hydroxyl groups is 1. The smallest absolute Gasteiger partial charge is 0.224 e. The van der Waals surface area contributed by atoms with Crippen LogP contribution in [0.2, 0.25) is 0 Å². The summed E-state index contributed by atoms with van der Waals surface area (Å²) >= 11 is 0. The van der Waals surface area contributed by atoms with Gasteiger partial charge in [-0.25, -0.2) is 0 Å². The molecule has 0 aliphatic carbocycles. The number of aliphatic hydroxyl groups excluding tert-OH is 1. The first kappa shape index (κ1) is 13.7. The van der Waals surface area contributed by atoms with E-state index in [0.29, 0.717) is 26.2 Å². The van der Waals surface area contributed by atoms with Gasteiger partial charge in [0, 0.05) is 13.2 Å². The van der Waals surface area contributed by atoms with E-state index in [9.17, 15) is 4.79 Å². The topological polar surface area (TPSA) is 58.6 Å². The molecule has 4 heteroatoms. The molecule has 0 aliphatic rings. The number of carbonyl (C=O) groups excluding carboxylic acids is 1. The minimum Gasteiger partial charge on any atom is -0.394 e. The van der Waals surface area contributed by atoms with E-state index in [2.05, 4.69) is 5.32 Å². The summed E-state index contributed by atoms with van der Waals surface area (Å²) in [5.41, 5.74) is 1.02. The SMILES string of the molecule is O=C(Cc1ccccc1)NCCCOCCO. The zero-order valence-electron chi connectivity index (χ0n) is 9.89. The summed E-state index contributed by atoms with van der Waals surface area (Å²) in [6, 6.07) is 9.64. The highest BCUT2D eigenvalue weighted by molar-refractivity contribution is 5.78. The highest BCUT2D eigenvalue weighted by Crippen LogP contribution is 1.98. The Kier molecular flexibility index (Phi) is 7.02. The van der Waals surface area contributed by atoms with Crippen LogP contribution in [0.1, 0.15) is 12.0 Å².